The molecule has 0 bridgehead atoms. The van der Waals surface area contributed by atoms with Gasteiger partial charge in [-0.1, -0.05) is 11.6 Å². The molecule has 1 saturated heterocycles. The number of carbonyl (C=O) groups excluding carboxylic acids is 1. The van der Waals surface area contributed by atoms with E-state index in [2.05, 4.69) is 9.97 Å². The summed E-state index contributed by atoms with van der Waals surface area (Å²) >= 11 is 6.17. The minimum Gasteiger partial charge on any atom is -0.339 e. The van der Waals surface area contributed by atoms with Crippen LogP contribution in [0.5, 0.6) is 0 Å². The van der Waals surface area contributed by atoms with Crippen molar-refractivity contribution >= 4 is 28.4 Å². The molecule has 1 fully saturated rings. The summed E-state index contributed by atoms with van der Waals surface area (Å²) in [6, 6.07) is 3.50. The predicted octanol–water partition coefficient (Wildman–Crippen LogP) is 2.52. The minimum absolute atomic E-state index is 0.00184. The molecule has 0 radical (unpaired) electrons. The Morgan fingerprint density at radius 3 is 2.83 bits per heavy atom. The number of hydrogen-bond acceptors (Lipinski definition) is 3. The Morgan fingerprint density at radius 1 is 1.28 bits per heavy atom. The fraction of sp³-hybridized carbons (Fsp3) is 0.308. The van der Waals surface area contributed by atoms with Gasteiger partial charge in [-0.3, -0.25) is 4.79 Å². The third kappa shape index (κ3) is 1.93. The minimum atomic E-state index is -0.00184. The summed E-state index contributed by atoms with van der Waals surface area (Å²) in [5.41, 5.74) is 1.28. The lowest BCUT2D eigenvalue weighted by atomic mass is 10.1. The van der Waals surface area contributed by atoms with Gasteiger partial charge in [0.15, 0.2) is 0 Å². The maximum Gasteiger partial charge on any atom is 0.255 e. The van der Waals surface area contributed by atoms with Crippen molar-refractivity contribution in [3.8, 4) is 0 Å². The van der Waals surface area contributed by atoms with Gasteiger partial charge in [0.25, 0.3) is 5.91 Å². The highest BCUT2D eigenvalue weighted by molar-refractivity contribution is 6.34. The number of aromatic nitrogens is 2. The maximum atomic E-state index is 12.3. The number of hydrogen-bond donors (Lipinski definition) is 0. The number of rotatable bonds is 1. The summed E-state index contributed by atoms with van der Waals surface area (Å²) in [4.78, 5) is 22.2. The van der Waals surface area contributed by atoms with Crippen LogP contribution in [0.15, 0.2) is 24.7 Å². The lowest BCUT2D eigenvalue weighted by Gasteiger charge is -2.16. The van der Waals surface area contributed by atoms with Crippen LogP contribution in [0.1, 0.15) is 23.2 Å². The molecule has 3 rings (SSSR count). The van der Waals surface area contributed by atoms with Crippen molar-refractivity contribution in [1.29, 1.82) is 0 Å². The number of halogens is 1. The van der Waals surface area contributed by atoms with E-state index in [9.17, 15) is 4.79 Å². The van der Waals surface area contributed by atoms with Gasteiger partial charge >= 0.3 is 0 Å². The SMILES string of the molecule is O=C(c1cc2ncncc2cc1Cl)N1CCCC1. The van der Waals surface area contributed by atoms with Crippen LogP contribution in [0.3, 0.4) is 0 Å². The number of nitrogens with zero attached hydrogens (tertiary/aromatic N) is 3. The van der Waals surface area contributed by atoms with Crippen LogP contribution in [0, 0.1) is 0 Å². The Hall–Kier alpha value is -1.68. The van der Waals surface area contributed by atoms with Crippen LogP contribution >= 0.6 is 11.6 Å². The highest BCUT2D eigenvalue weighted by Gasteiger charge is 2.21. The molecule has 2 heterocycles. The molecule has 0 aliphatic carbocycles. The lowest BCUT2D eigenvalue weighted by molar-refractivity contribution is 0.0793. The van der Waals surface area contributed by atoms with E-state index in [1.54, 1.807) is 18.3 Å². The largest absolute Gasteiger partial charge is 0.339 e. The molecule has 0 N–H and O–H groups in total. The molecule has 1 amide bonds. The summed E-state index contributed by atoms with van der Waals surface area (Å²) < 4.78 is 0. The monoisotopic (exact) mass is 261 g/mol. The molecule has 5 heteroatoms. The Balaban J connectivity index is 2.05. The van der Waals surface area contributed by atoms with E-state index in [1.165, 1.54) is 6.33 Å². The maximum absolute atomic E-state index is 12.3. The Labute approximate surface area is 110 Å². The number of benzene rings is 1. The molecule has 2 aromatic rings. The highest BCUT2D eigenvalue weighted by atomic mass is 35.5. The molecule has 0 unspecified atom stereocenters. The van der Waals surface area contributed by atoms with Gasteiger partial charge in [-0.2, -0.15) is 0 Å². The predicted molar refractivity (Wildman–Crippen MR) is 69.7 cm³/mol. The molecular formula is C13H12ClN3O. The van der Waals surface area contributed by atoms with Gasteiger partial charge in [0.1, 0.15) is 6.33 Å². The normalized spacial score (nSPS) is 15.3. The zero-order chi connectivity index (χ0) is 12.5. The Kier molecular flexibility index (Phi) is 2.88. The first-order valence-corrected chi connectivity index (χ1v) is 6.32. The van der Waals surface area contributed by atoms with Gasteiger partial charge in [0, 0.05) is 24.7 Å². The fourth-order valence-corrected chi connectivity index (χ4v) is 2.51. The van der Waals surface area contributed by atoms with Crippen molar-refractivity contribution in [3.63, 3.8) is 0 Å². The van der Waals surface area contributed by atoms with E-state index in [0.29, 0.717) is 10.6 Å². The highest BCUT2D eigenvalue weighted by Crippen LogP contribution is 2.24. The van der Waals surface area contributed by atoms with Gasteiger partial charge in [-0.05, 0) is 25.0 Å². The summed E-state index contributed by atoms with van der Waals surface area (Å²) in [5, 5.41) is 1.31. The molecule has 92 valence electrons. The quantitative estimate of drug-likeness (QED) is 0.792. The third-order valence-electron chi connectivity index (χ3n) is 3.22. The molecule has 1 aliphatic rings. The number of amides is 1. The van der Waals surface area contributed by atoms with Crippen LogP contribution in [0.2, 0.25) is 5.02 Å². The van der Waals surface area contributed by atoms with Crippen LogP contribution in [-0.4, -0.2) is 33.9 Å². The first-order chi connectivity index (χ1) is 8.75. The molecule has 0 spiro atoms. The second-order valence-corrected chi connectivity index (χ2v) is 4.82. The molecule has 4 nitrogen and oxygen atoms in total. The average molecular weight is 262 g/mol. The van der Waals surface area contributed by atoms with Gasteiger partial charge in [0.05, 0.1) is 16.1 Å². The first-order valence-electron chi connectivity index (χ1n) is 5.94. The number of carbonyl (C=O) groups is 1. The van der Waals surface area contributed by atoms with E-state index in [-0.39, 0.29) is 5.91 Å². The van der Waals surface area contributed by atoms with E-state index in [0.717, 1.165) is 36.8 Å². The van der Waals surface area contributed by atoms with Crippen molar-refractivity contribution < 1.29 is 4.79 Å². The number of likely N-dealkylation sites (tertiary alicyclic amines) is 1. The first kappa shape index (κ1) is 11.4. The molecule has 1 aromatic carbocycles. The summed E-state index contributed by atoms with van der Waals surface area (Å²) in [6.45, 7) is 1.63. The molecule has 1 aliphatic heterocycles. The second kappa shape index (κ2) is 4.53. The van der Waals surface area contributed by atoms with Crippen molar-refractivity contribution in [3.05, 3.63) is 35.2 Å². The third-order valence-corrected chi connectivity index (χ3v) is 3.53. The van der Waals surface area contributed by atoms with Crippen LogP contribution in [0.4, 0.5) is 0 Å². The zero-order valence-corrected chi connectivity index (χ0v) is 10.5. The summed E-state index contributed by atoms with van der Waals surface area (Å²) in [6.07, 6.45) is 5.30. The summed E-state index contributed by atoms with van der Waals surface area (Å²) in [5.74, 6) is -0.00184. The van der Waals surface area contributed by atoms with Crippen molar-refractivity contribution in [2.24, 2.45) is 0 Å². The fourth-order valence-electron chi connectivity index (χ4n) is 2.26. The van der Waals surface area contributed by atoms with Gasteiger partial charge in [0.2, 0.25) is 0 Å². The van der Waals surface area contributed by atoms with Gasteiger partial charge in [-0.25, -0.2) is 9.97 Å². The van der Waals surface area contributed by atoms with Crippen LogP contribution in [0.25, 0.3) is 10.9 Å². The van der Waals surface area contributed by atoms with Gasteiger partial charge < -0.3 is 4.90 Å². The second-order valence-electron chi connectivity index (χ2n) is 4.41. The van der Waals surface area contributed by atoms with Crippen LogP contribution < -0.4 is 0 Å². The van der Waals surface area contributed by atoms with E-state index in [1.807, 2.05) is 4.90 Å². The smallest absolute Gasteiger partial charge is 0.255 e. The number of fused-ring (bicyclic) bond motifs is 1. The molecule has 18 heavy (non-hydrogen) atoms. The van der Waals surface area contributed by atoms with Crippen molar-refractivity contribution in [2.75, 3.05) is 13.1 Å². The van der Waals surface area contributed by atoms with Crippen molar-refractivity contribution in [2.45, 2.75) is 12.8 Å². The van der Waals surface area contributed by atoms with E-state index < -0.39 is 0 Å². The van der Waals surface area contributed by atoms with E-state index >= 15 is 0 Å². The average Bonchev–Trinajstić information content (AvgIpc) is 2.91. The molecular weight excluding hydrogens is 250 g/mol. The van der Waals surface area contributed by atoms with Gasteiger partial charge in [-0.15, -0.1) is 0 Å². The molecule has 0 saturated carbocycles. The zero-order valence-electron chi connectivity index (χ0n) is 9.77. The summed E-state index contributed by atoms with van der Waals surface area (Å²) in [7, 11) is 0. The van der Waals surface area contributed by atoms with Crippen LogP contribution in [-0.2, 0) is 0 Å². The Bertz CT molecular complexity index is 608. The van der Waals surface area contributed by atoms with E-state index in [4.69, 9.17) is 11.6 Å². The lowest BCUT2D eigenvalue weighted by Crippen LogP contribution is -2.27. The molecule has 1 aromatic heterocycles. The Morgan fingerprint density at radius 2 is 2.06 bits per heavy atom. The molecule has 0 atom stereocenters. The topological polar surface area (TPSA) is 46.1 Å². The van der Waals surface area contributed by atoms with Crippen molar-refractivity contribution in [1.82, 2.24) is 14.9 Å². The standard InChI is InChI=1S/C13H12ClN3O/c14-11-5-9-7-15-8-16-12(9)6-10(11)13(18)17-3-1-2-4-17/h5-8H,1-4H2.